The van der Waals surface area contributed by atoms with Gasteiger partial charge in [-0.1, -0.05) is 45.9 Å². The van der Waals surface area contributed by atoms with E-state index >= 15 is 0 Å². The molecule has 0 aliphatic carbocycles. The van der Waals surface area contributed by atoms with Crippen LogP contribution in [0.1, 0.15) is 10.4 Å². The summed E-state index contributed by atoms with van der Waals surface area (Å²) in [6.45, 7) is 4.37. The van der Waals surface area contributed by atoms with Gasteiger partial charge in [-0.25, -0.2) is 0 Å². The number of carbonyl (C=O) groups is 1. The quantitative estimate of drug-likeness (QED) is 0.282. The van der Waals surface area contributed by atoms with Crippen LogP contribution >= 0.6 is 27.7 Å². The molecule has 3 aromatic rings. The van der Waals surface area contributed by atoms with Gasteiger partial charge in [-0.05, 0) is 36.4 Å². The lowest BCUT2D eigenvalue weighted by Crippen LogP contribution is -2.05. The van der Waals surface area contributed by atoms with E-state index in [1.807, 2.05) is 53.1 Å². The molecular weight excluding hydrogens is 426 g/mol. The molecule has 1 aromatic heterocycles. The summed E-state index contributed by atoms with van der Waals surface area (Å²) < 4.78 is 8.10. The zero-order chi connectivity index (χ0) is 19.2. The second kappa shape index (κ2) is 9.01. The fourth-order valence-corrected chi connectivity index (χ4v) is 3.60. The number of allylic oxidation sites excluding steroid dienone is 1. The van der Waals surface area contributed by atoms with Gasteiger partial charge in [-0.2, -0.15) is 0 Å². The summed E-state index contributed by atoms with van der Waals surface area (Å²) >= 11 is 4.75. The topological polar surface area (TPSA) is 57.0 Å². The Kier molecular flexibility index (Phi) is 6.47. The van der Waals surface area contributed by atoms with Crippen molar-refractivity contribution in [2.45, 2.75) is 11.7 Å². The fraction of sp³-hybridized carbons (Fsp3) is 0.150. The first-order valence-corrected chi connectivity index (χ1v) is 10.0. The van der Waals surface area contributed by atoms with Gasteiger partial charge < -0.3 is 4.74 Å². The Morgan fingerprint density at radius 1 is 1.19 bits per heavy atom. The molecule has 138 valence electrons. The highest BCUT2D eigenvalue weighted by Crippen LogP contribution is 2.26. The molecule has 0 aliphatic heterocycles. The van der Waals surface area contributed by atoms with E-state index < -0.39 is 0 Å². The normalized spacial score (nSPS) is 10.6. The first-order valence-electron chi connectivity index (χ1n) is 8.22. The number of methoxy groups -OCH3 is 1. The minimum atomic E-state index is 0.0478. The van der Waals surface area contributed by atoms with E-state index in [-0.39, 0.29) is 5.78 Å². The van der Waals surface area contributed by atoms with Gasteiger partial charge in [0.15, 0.2) is 16.8 Å². The lowest BCUT2D eigenvalue weighted by Gasteiger charge is -2.08. The number of benzene rings is 2. The maximum atomic E-state index is 12.4. The summed E-state index contributed by atoms with van der Waals surface area (Å²) in [6, 6.07) is 15.0. The number of Topliss-reactive ketones (excluding diaryl/α,β-unsaturated/α-hetero) is 1. The number of rotatable bonds is 8. The van der Waals surface area contributed by atoms with Crippen LogP contribution in [-0.4, -0.2) is 33.4 Å². The second-order valence-corrected chi connectivity index (χ2v) is 7.51. The molecule has 0 spiro atoms. The van der Waals surface area contributed by atoms with Gasteiger partial charge in [-0.3, -0.25) is 9.36 Å². The van der Waals surface area contributed by atoms with E-state index in [1.54, 1.807) is 13.2 Å². The predicted octanol–water partition coefficient (Wildman–Crippen LogP) is 4.88. The first kappa shape index (κ1) is 19.4. The van der Waals surface area contributed by atoms with E-state index in [1.165, 1.54) is 11.8 Å². The summed E-state index contributed by atoms with van der Waals surface area (Å²) in [4.78, 5) is 12.4. The van der Waals surface area contributed by atoms with Gasteiger partial charge >= 0.3 is 0 Å². The van der Waals surface area contributed by atoms with Crippen molar-refractivity contribution in [3.63, 3.8) is 0 Å². The van der Waals surface area contributed by atoms with Crippen molar-refractivity contribution in [3.05, 3.63) is 71.2 Å². The van der Waals surface area contributed by atoms with Crippen LogP contribution in [0.15, 0.2) is 70.8 Å². The summed E-state index contributed by atoms with van der Waals surface area (Å²) in [5, 5.41) is 9.27. The van der Waals surface area contributed by atoms with Crippen LogP contribution in [0, 0.1) is 0 Å². The number of carbonyl (C=O) groups excluding carboxylic acids is 1. The minimum absolute atomic E-state index is 0.0478. The Hall–Kier alpha value is -2.38. The molecule has 0 N–H and O–H groups in total. The molecule has 0 amide bonds. The van der Waals surface area contributed by atoms with Crippen LogP contribution in [0.4, 0.5) is 0 Å². The molecule has 0 saturated carbocycles. The van der Waals surface area contributed by atoms with E-state index in [0.29, 0.717) is 23.0 Å². The number of hydrogen-bond acceptors (Lipinski definition) is 5. The van der Waals surface area contributed by atoms with Crippen molar-refractivity contribution in [2.24, 2.45) is 0 Å². The lowest BCUT2D eigenvalue weighted by molar-refractivity contribution is 0.102. The lowest BCUT2D eigenvalue weighted by atomic mass is 10.2. The van der Waals surface area contributed by atoms with Crippen molar-refractivity contribution in [3.8, 4) is 17.1 Å². The van der Waals surface area contributed by atoms with E-state index in [0.717, 1.165) is 21.6 Å². The van der Waals surface area contributed by atoms with Crippen LogP contribution in [-0.2, 0) is 6.54 Å². The number of halogens is 1. The molecule has 0 atom stereocenters. The molecule has 27 heavy (non-hydrogen) atoms. The molecule has 0 aliphatic rings. The Labute approximate surface area is 170 Å². The average molecular weight is 444 g/mol. The number of ketones is 1. The Morgan fingerprint density at radius 2 is 1.89 bits per heavy atom. The van der Waals surface area contributed by atoms with E-state index in [9.17, 15) is 4.79 Å². The number of nitrogens with zero attached hydrogens (tertiary/aromatic N) is 3. The molecule has 0 saturated heterocycles. The van der Waals surface area contributed by atoms with E-state index in [2.05, 4.69) is 32.7 Å². The van der Waals surface area contributed by atoms with E-state index in [4.69, 9.17) is 4.74 Å². The Balaban J connectivity index is 1.79. The monoisotopic (exact) mass is 443 g/mol. The van der Waals surface area contributed by atoms with Gasteiger partial charge in [0.2, 0.25) is 0 Å². The summed E-state index contributed by atoms with van der Waals surface area (Å²) in [7, 11) is 1.63. The van der Waals surface area contributed by atoms with Crippen molar-refractivity contribution in [1.82, 2.24) is 14.8 Å². The molecule has 0 fully saturated rings. The SMILES string of the molecule is C=CCn1c(SCC(=O)c2ccc(Br)cc2)nnc1-c1ccc(OC)cc1. The molecule has 2 aromatic carbocycles. The van der Waals surface area contributed by atoms with Crippen molar-refractivity contribution >= 4 is 33.5 Å². The molecule has 0 radical (unpaired) electrons. The smallest absolute Gasteiger partial charge is 0.192 e. The van der Waals surface area contributed by atoms with Crippen LogP contribution in [0.3, 0.4) is 0 Å². The third kappa shape index (κ3) is 4.67. The van der Waals surface area contributed by atoms with Crippen molar-refractivity contribution in [1.29, 1.82) is 0 Å². The maximum absolute atomic E-state index is 12.4. The molecule has 3 rings (SSSR count). The fourth-order valence-electron chi connectivity index (χ4n) is 2.49. The molecule has 1 heterocycles. The highest BCUT2D eigenvalue weighted by atomic mass is 79.9. The number of hydrogen-bond donors (Lipinski definition) is 0. The first-order chi connectivity index (χ1) is 13.1. The molecular formula is C20H18BrN3O2S. The Morgan fingerprint density at radius 3 is 2.52 bits per heavy atom. The summed E-state index contributed by atoms with van der Waals surface area (Å²) in [6.07, 6.45) is 1.79. The van der Waals surface area contributed by atoms with Gasteiger partial charge in [0.1, 0.15) is 5.75 Å². The second-order valence-electron chi connectivity index (χ2n) is 5.65. The number of aromatic nitrogens is 3. The average Bonchev–Trinajstić information content (AvgIpc) is 3.09. The van der Waals surface area contributed by atoms with Gasteiger partial charge in [0.25, 0.3) is 0 Å². The van der Waals surface area contributed by atoms with Crippen LogP contribution in [0.2, 0.25) is 0 Å². The summed E-state index contributed by atoms with van der Waals surface area (Å²) in [5.41, 5.74) is 1.60. The maximum Gasteiger partial charge on any atom is 0.192 e. The zero-order valence-corrected chi connectivity index (χ0v) is 17.2. The molecule has 0 bridgehead atoms. The van der Waals surface area contributed by atoms with Gasteiger partial charge in [0, 0.05) is 22.1 Å². The third-order valence-electron chi connectivity index (χ3n) is 3.88. The largest absolute Gasteiger partial charge is 0.497 e. The van der Waals surface area contributed by atoms with Crippen LogP contribution in [0.5, 0.6) is 5.75 Å². The Bertz CT molecular complexity index is 937. The van der Waals surface area contributed by atoms with Crippen LogP contribution < -0.4 is 4.74 Å². The van der Waals surface area contributed by atoms with Gasteiger partial charge in [0.05, 0.1) is 12.9 Å². The highest BCUT2D eigenvalue weighted by Gasteiger charge is 2.15. The van der Waals surface area contributed by atoms with Crippen molar-refractivity contribution in [2.75, 3.05) is 12.9 Å². The van der Waals surface area contributed by atoms with Crippen molar-refractivity contribution < 1.29 is 9.53 Å². The zero-order valence-electron chi connectivity index (χ0n) is 14.8. The number of ether oxygens (including phenoxy) is 1. The van der Waals surface area contributed by atoms with Gasteiger partial charge in [-0.15, -0.1) is 16.8 Å². The summed E-state index contributed by atoms with van der Waals surface area (Å²) in [5.74, 6) is 1.85. The third-order valence-corrected chi connectivity index (χ3v) is 5.37. The molecule has 5 nitrogen and oxygen atoms in total. The molecule has 7 heteroatoms. The predicted molar refractivity (Wildman–Crippen MR) is 111 cm³/mol. The van der Waals surface area contributed by atoms with Crippen LogP contribution in [0.25, 0.3) is 11.4 Å². The highest BCUT2D eigenvalue weighted by molar-refractivity contribution is 9.10. The standard InChI is InChI=1S/C20H18BrN3O2S/c1-3-12-24-19(15-6-10-17(26-2)11-7-15)22-23-20(24)27-13-18(25)14-4-8-16(21)9-5-14/h3-11H,1,12-13H2,2H3. The number of thioether (sulfide) groups is 1. The molecule has 0 unspecified atom stereocenters. The minimum Gasteiger partial charge on any atom is -0.497 e.